The molecule has 0 spiro atoms. The van der Waals surface area contributed by atoms with E-state index in [0.29, 0.717) is 43.5 Å². The number of ether oxygens (including phenoxy) is 3. The SMILES string of the molecule is COc1ccc(Nc2cc(OC3CCN(C(=O)OC(C)(C)C)CC3)ncn2)c(C)n1. The highest BCUT2D eigenvalue weighted by atomic mass is 16.6. The summed E-state index contributed by atoms with van der Waals surface area (Å²) in [6.45, 7) is 8.67. The minimum Gasteiger partial charge on any atom is -0.481 e. The molecule has 1 amide bonds. The molecule has 3 heterocycles. The molecule has 0 aliphatic carbocycles. The summed E-state index contributed by atoms with van der Waals surface area (Å²) in [4.78, 5) is 26.7. The van der Waals surface area contributed by atoms with Crippen molar-refractivity contribution in [3.63, 3.8) is 0 Å². The Bertz CT molecular complexity index is 876. The quantitative estimate of drug-likeness (QED) is 0.789. The summed E-state index contributed by atoms with van der Waals surface area (Å²) in [5, 5.41) is 3.23. The number of nitrogens with one attached hydrogen (secondary N) is 1. The summed E-state index contributed by atoms with van der Waals surface area (Å²) in [7, 11) is 1.58. The van der Waals surface area contributed by atoms with Crippen LogP contribution in [0.3, 0.4) is 0 Å². The van der Waals surface area contributed by atoms with Crippen LogP contribution in [0.2, 0.25) is 0 Å². The molecule has 1 N–H and O–H groups in total. The third kappa shape index (κ3) is 5.95. The van der Waals surface area contributed by atoms with Crippen molar-refractivity contribution in [2.75, 3.05) is 25.5 Å². The number of aryl methyl sites for hydroxylation is 1. The van der Waals surface area contributed by atoms with Gasteiger partial charge in [0.2, 0.25) is 11.8 Å². The van der Waals surface area contributed by atoms with Gasteiger partial charge in [-0.3, -0.25) is 0 Å². The number of methoxy groups -OCH3 is 1. The largest absolute Gasteiger partial charge is 0.481 e. The molecule has 0 radical (unpaired) electrons. The average Bonchev–Trinajstić information content (AvgIpc) is 2.69. The van der Waals surface area contributed by atoms with Gasteiger partial charge in [0.15, 0.2) is 0 Å². The fraction of sp³-hybridized carbons (Fsp3) is 0.524. The zero-order valence-electron chi connectivity index (χ0n) is 18.1. The number of piperidine rings is 1. The third-order valence-electron chi connectivity index (χ3n) is 4.56. The maximum atomic E-state index is 12.2. The number of aromatic nitrogens is 3. The van der Waals surface area contributed by atoms with Gasteiger partial charge in [0.05, 0.1) is 18.5 Å². The number of rotatable bonds is 5. The second-order valence-corrected chi connectivity index (χ2v) is 8.14. The molecule has 1 aliphatic rings. The van der Waals surface area contributed by atoms with Crippen LogP contribution in [-0.2, 0) is 4.74 Å². The molecule has 3 rings (SSSR count). The van der Waals surface area contributed by atoms with Gasteiger partial charge in [0, 0.05) is 38.1 Å². The summed E-state index contributed by atoms with van der Waals surface area (Å²) < 4.78 is 16.6. The van der Waals surface area contributed by atoms with Gasteiger partial charge in [0.25, 0.3) is 0 Å². The summed E-state index contributed by atoms with van der Waals surface area (Å²) in [5.41, 5.74) is 1.13. The number of hydrogen-bond donors (Lipinski definition) is 1. The smallest absolute Gasteiger partial charge is 0.410 e. The van der Waals surface area contributed by atoms with Gasteiger partial charge in [-0.15, -0.1) is 0 Å². The van der Waals surface area contributed by atoms with Crippen LogP contribution in [0.4, 0.5) is 16.3 Å². The van der Waals surface area contributed by atoms with Crippen molar-refractivity contribution in [1.82, 2.24) is 19.9 Å². The number of nitrogens with zero attached hydrogens (tertiary/aromatic N) is 4. The summed E-state index contributed by atoms with van der Waals surface area (Å²) in [6.07, 6.45) is 2.59. The molecule has 0 bridgehead atoms. The van der Waals surface area contributed by atoms with E-state index in [1.165, 1.54) is 6.33 Å². The average molecular weight is 415 g/mol. The molecule has 9 nitrogen and oxygen atoms in total. The first kappa shape index (κ1) is 21.6. The van der Waals surface area contributed by atoms with E-state index in [1.807, 2.05) is 33.8 Å². The Balaban J connectivity index is 1.55. The lowest BCUT2D eigenvalue weighted by atomic mass is 10.1. The summed E-state index contributed by atoms with van der Waals surface area (Å²) >= 11 is 0. The highest BCUT2D eigenvalue weighted by molar-refractivity contribution is 5.68. The van der Waals surface area contributed by atoms with Crippen molar-refractivity contribution in [1.29, 1.82) is 0 Å². The zero-order valence-corrected chi connectivity index (χ0v) is 18.1. The van der Waals surface area contributed by atoms with Crippen molar-refractivity contribution >= 4 is 17.6 Å². The van der Waals surface area contributed by atoms with Crippen LogP contribution in [0.1, 0.15) is 39.3 Å². The Labute approximate surface area is 176 Å². The van der Waals surface area contributed by atoms with Crippen LogP contribution >= 0.6 is 0 Å². The topological polar surface area (TPSA) is 98.7 Å². The van der Waals surface area contributed by atoms with Gasteiger partial charge in [-0.05, 0) is 33.8 Å². The minimum atomic E-state index is -0.494. The first-order chi connectivity index (χ1) is 14.2. The highest BCUT2D eigenvalue weighted by Crippen LogP contribution is 2.24. The van der Waals surface area contributed by atoms with E-state index in [1.54, 1.807) is 24.1 Å². The fourth-order valence-electron chi connectivity index (χ4n) is 3.05. The molecule has 9 heteroatoms. The molecule has 162 valence electrons. The number of hydrogen-bond acceptors (Lipinski definition) is 8. The van der Waals surface area contributed by atoms with E-state index in [2.05, 4.69) is 20.3 Å². The number of carbonyl (C=O) groups excluding carboxylic acids is 1. The predicted molar refractivity (Wildman–Crippen MR) is 112 cm³/mol. The maximum absolute atomic E-state index is 12.2. The monoisotopic (exact) mass is 415 g/mol. The van der Waals surface area contributed by atoms with Gasteiger partial charge in [-0.1, -0.05) is 0 Å². The Morgan fingerprint density at radius 1 is 1.17 bits per heavy atom. The van der Waals surface area contributed by atoms with Crippen LogP contribution < -0.4 is 14.8 Å². The molecule has 2 aromatic rings. The molecule has 1 fully saturated rings. The Kier molecular flexibility index (Phi) is 6.59. The highest BCUT2D eigenvalue weighted by Gasteiger charge is 2.27. The lowest BCUT2D eigenvalue weighted by molar-refractivity contribution is 0.0123. The minimum absolute atomic E-state index is 0.0178. The standard InChI is InChI=1S/C21H29N5O4/c1-14-16(6-7-18(24-14)28-5)25-17-12-19(23-13-22-17)29-15-8-10-26(11-9-15)20(27)30-21(2,3)4/h6-7,12-13,15H,8-11H2,1-5H3,(H,22,23,25). The van der Waals surface area contributed by atoms with Gasteiger partial charge >= 0.3 is 6.09 Å². The molecular formula is C21H29N5O4. The van der Waals surface area contributed by atoms with Crippen LogP contribution in [-0.4, -0.2) is 57.8 Å². The van der Waals surface area contributed by atoms with Crippen LogP contribution in [0.15, 0.2) is 24.5 Å². The first-order valence-electron chi connectivity index (χ1n) is 9.99. The van der Waals surface area contributed by atoms with Crippen molar-refractivity contribution < 1.29 is 19.0 Å². The fourth-order valence-corrected chi connectivity index (χ4v) is 3.05. The number of pyridine rings is 1. The van der Waals surface area contributed by atoms with Crippen LogP contribution in [0, 0.1) is 6.92 Å². The molecule has 0 aromatic carbocycles. The molecular weight excluding hydrogens is 386 g/mol. The van der Waals surface area contributed by atoms with Crippen molar-refractivity contribution in [3.05, 3.63) is 30.2 Å². The first-order valence-corrected chi connectivity index (χ1v) is 9.99. The second kappa shape index (κ2) is 9.15. The molecule has 2 aromatic heterocycles. The molecule has 0 atom stereocenters. The predicted octanol–water partition coefficient (Wildman–Crippen LogP) is 3.71. The van der Waals surface area contributed by atoms with Crippen molar-refractivity contribution in [3.8, 4) is 11.8 Å². The number of amides is 1. The normalized spacial score (nSPS) is 14.9. The lowest BCUT2D eigenvalue weighted by Crippen LogP contribution is -2.44. The van der Waals surface area contributed by atoms with Crippen LogP contribution in [0.5, 0.6) is 11.8 Å². The van der Waals surface area contributed by atoms with Gasteiger partial charge in [-0.2, -0.15) is 0 Å². The zero-order chi connectivity index (χ0) is 21.7. The molecule has 30 heavy (non-hydrogen) atoms. The summed E-state index contributed by atoms with van der Waals surface area (Å²) in [6, 6.07) is 5.42. The number of likely N-dealkylation sites (tertiary alicyclic amines) is 1. The second-order valence-electron chi connectivity index (χ2n) is 8.14. The van der Waals surface area contributed by atoms with E-state index >= 15 is 0 Å². The van der Waals surface area contributed by atoms with Gasteiger partial charge in [-0.25, -0.2) is 19.7 Å². The van der Waals surface area contributed by atoms with E-state index in [9.17, 15) is 4.79 Å². The molecule has 1 aliphatic heterocycles. The Morgan fingerprint density at radius 2 is 1.90 bits per heavy atom. The van der Waals surface area contributed by atoms with E-state index in [0.717, 1.165) is 11.4 Å². The molecule has 0 saturated carbocycles. The number of anilines is 2. The van der Waals surface area contributed by atoms with Crippen molar-refractivity contribution in [2.24, 2.45) is 0 Å². The maximum Gasteiger partial charge on any atom is 0.410 e. The third-order valence-corrected chi connectivity index (χ3v) is 4.56. The molecule has 1 saturated heterocycles. The lowest BCUT2D eigenvalue weighted by Gasteiger charge is -2.33. The van der Waals surface area contributed by atoms with E-state index in [4.69, 9.17) is 14.2 Å². The Morgan fingerprint density at radius 3 is 2.53 bits per heavy atom. The van der Waals surface area contributed by atoms with Gasteiger partial charge < -0.3 is 24.4 Å². The molecule has 0 unspecified atom stereocenters. The summed E-state index contributed by atoms with van der Waals surface area (Å²) in [5.74, 6) is 1.66. The van der Waals surface area contributed by atoms with Gasteiger partial charge in [0.1, 0.15) is 23.9 Å². The van der Waals surface area contributed by atoms with Crippen molar-refractivity contribution in [2.45, 2.75) is 52.2 Å². The number of carbonyl (C=O) groups is 1. The van der Waals surface area contributed by atoms with E-state index < -0.39 is 5.60 Å². The Hall–Kier alpha value is -3.10. The van der Waals surface area contributed by atoms with Crippen LogP contribution in [0.25, 0.3) is 0 Å². The van der Waals surface area contributed by atoms with E-state index in [-0.39, 0.29) is 12.2 Å².